The Morgan fingerprint density at radius 3 is 1.84 bits per heavy atom. The van der Waals surface area contributed by atoms with Crippen molar-refractivity contribution < 1.29 is 19.4 Å². The van der Waals surface area contributed by atoms with E-state index < -0.39 is 5.97 Å². The Kier molecular flexibility index (Phi) is 17.4. The van der Waals surface area contributed by atoms with Crippen LogP contribution in [0.2, 0.25) is 0 Å². The summed E-state index contributed by atoms with van der Waals surface area (Å²) in [4.78, 5) is 39.7. The topological polar surface area (TPSA) is 127 Å². The third-order valence-electron chi connectivity index (χ3n) is 9.00. The molecule has 4 aromatic heterocycles. The number of carbonyl (C=O) groups is 2. The maximum atomic E-state index is 12.5. The van der Waals surface area contributed by atoms with E-state index in [4.69, 9.17) is 9.84 Å². The summed E-state index contributed by atoms with van der Waals surface area (Å²) in [5.41, 5.74) is 6.14. The van der Waals surface area contributed by atoms with E-state index in [-0.39, 0.29) is 25.1 Å². The molecule has 0 radical (unpaired) electrons. The van der Waals surface area contributed by atoms with Crippen LogP contribution in [-0.2, 0) is 19.4 Å². The van der Waals surface area contributed by atoms with Crippen LogP contribution in [0.1, 0.15) is 99.5 Å². The third kappa shape index (κ3) is 12.9. The molecule has 4 heterocycles. The summed E-state index contributed by atoms with van der Waals surface area (Å²) in [5.74, 6) is -0.466. The molecule has 1 amide bonds. The van der Waals surface area contributed by atoms with E-state index in [0.29, 0.717) is 33.2 Å². The minimum absolute atomic E-state index is 0. The molecule has 0 spiro atoms. The van der Waals surface area contributed by atoms with Crippen molar-refractivity contribution in [1.29, 1.82) is 0 Å². The number of aromatic nitrogens is 4. The zero-order valence-electron chi connectivity index (χ0n) is 31.6. The van der Waals surface area contributed by atoms with Gasteiger partial charge in [-0.25, -0.2) is 14.8 Å². The number of pyridine rings is 4. The molecule has 0 saturated carbocycles. The summed E-state index contributed by atoms with van der Waals surface area (Å²) in [6.07, 6.45) is 11.2. The van der Waals surface area contributed by atoms with E-state index >= 15 is 0 Å². The lowest BCUT2D eigenvalue weighted by Gasteiger charge is -2.23. The highest BCUT2D eigenvalue weighted by molar-refractivity contribution is 9.11. The Bertz CT molecular complexity index is 2190. The summed E-state index contributed by atoms with van der Waals surface area (Å²) in [6.45, 7) is 13.7. The molecule has 290 valence electrons. The normalized spacial score (nSPS) is 11.3. The summed E-state index contributed by atoms with van der Waals surface area (Å²) in [7, 11) is 0. The number of carboxylic acids is 1. The molecular weight excluding hydrogens is 822 g/mol. The Morgan fingerprint density at radius 1 is 0.764 bits per heavy atom. The predicted octanol–water partition coefficient (Wildman–Crippen LogP) is 11.5. The minimum Gasteiger partial charge on any atom is -0.490 e. The van der Waals surface area contributed by atoms with Gasteiger partial charge in [-0.05, 0) is 105 Å². The quantitative estimate of drug-likeness (QED) is 0.132. The molecule has 0 saturated heterocycles. The van der Waals surface area contributed by atoms with E-state index in [1.54, 1.807) is 36.9 Å². The molecule has 1 atom stereocenters. The lowest BCUT2D eigenvalue weighted by atomic mass is 9.82. The van der Waals surface area contributed by atoms with Crippen molar-refractivity contribution in [2.24, 2.45) is 5.41 Å². The lowest BCUT2D eigenvalue weighted by Crippen LogP contribution is -2.24. The summed E-state index contributed by atoms with van der Waals surface area (Å²) in [6, 6.07) is 23.2. The molecule has 0 unspecified atom stereocenters. The van der Waals surface area contributed by atoms with Crippen LogP contribution in [-0.4, -0.2) is 43.0 Å². The summed E-state index contributed by atoms with van der Waals surface area (Å²) in [5, 5.41) is 13.3. The van der Waals surface area contributed by atoms with Crippen molar-refractivity contribution in [3.63, 3.8) is 0 Å². The number of rotatable bonds is 11. The first-order valence-electron chi connectivity index (χ1n) is 18.0. The zero-order valence-corrected chi connectivity index (χ0v) is 34.7. The van der Waals surface area contributed by atoms with Gasteiger partial charge in [0.1, 0.15) is 17.1 Å². The molecule has 0 bridgehead atoms. The molecule has 2 N–H and O–H groups in total. The molecule has 0 aliphatic rings. The number of hydrogen-bond donors (Lipinski definition) is 2. The molecule has 2 aromatic carbocycles. The Hall–Kier alpha value is -4.74. The fourth-order valence-corrected chi connectivity index (χ4v) is 6.18. The van der Waals surface area contributed by atoms with Crippen LogP contribution in [0.5, 0.6) is 5.75 Å². The van der Waals surface area contributed by atoms with Crippen molar-refractivity contribution in [2.45, 2.75) is 87.3 Å². The van der Waals surface area contributed by atoms with Crippen LogP contribution in [0.4, 0.5) is 0 Å². The van der Waals surface area contributed by atoms with Gasteiger partial charge in [-0.15, -0.1) is 0 Å². The number of para-hydroxylation sites is 1. The molecular formula is C44H51Br2N5O4. The highest BCUT2D eigenvalue weighted by atomic mass is 79.9. The van der Waals surface area contributed by atoms with E-state index in [1.807, 2.05) is 37.3 Å². The first-order valence-corrected chi connectivity index (χ1v) is 19.6. The van der Waals surface area contributed by atoms with Gasteiger partial charge in [-0.1, -0.05) is 90.9 Å². The van der Waals surface area contributed by atoms with E-state index in [2.05, 4.69) is 116 Å². The second-order valence-corrected chi connectivity index (χ2v) is 15.2. The number of carbonyl (C=O) groups excluding carboxylic acids is 1. The molecule has 0 aliphatic carbocycles. The third-order valence-corrected chi connectivity index (χ3v) is 10.2. The second-order valence-electron chi connectivity index (χ2n) is 13.5. The van der Waals surface area contributed by atoms with Gasteiger partial charge in [0.2, 0.25) is 0 Å². The van der Waals surface area contributed by atoms with Crippen molar-refractivity contribution in [3.8, 4) is 5.75 Å². The number of ether oxygens (including phenoxy) is 1. The van der Waals surface area contributed by atoms with E-state index in [9.17, 15) is 9.59 Å². The molecule has 0 fully saturated rings. The molecule has 55 heavy (non-hydrogen) atoms. The number of fused-ring (bicyclic) bond motifs is 2. The van der Waals surface area contributed by atoms with Gasteiger partial charge in [0.15, 0.2) is 0 Å². The van der Waals surface area contributed by atoms with Crippen molar-refractivity contribution >= 4 is 65.5 Å². The average molecular weight is 874 g/mol. The van der Waals surface area contributed by atoms with Gasteiger partial charge in [0.05, 0.1) is 26.1 Å². The van der Waals surface area contributed by atoms with Crippen LogP contribution in [0.3, 0.4) is 0 Å². The standard InChI is InChI=1S/C20H20BrN3O2.C14H22.C9H5BrN2O2.CH4/c1-3-13(2)26-18-7-5-4-6-14(18)11-23-20(25)17-9-8-15-10-22-12-16(21)19(15)24-17;1-5-12-9-7-8-10-13(12)11-14(3,4)6-2;10-6-4-11-3-5-1-2-7(9(13)14)12-8(5)6;/h4-10,12-13H,3,11H2,1-2H3,(H,23,25);7-10H,5-6,11H2,1-4H3;1-4H,(H,13,14);1H4/t13-;;;/m0.../s1. The zero-order chi connectivity index (χ0) is 39.3. The number of aromatic carboxylic acids is 1. The molecule has 0 aliphatic heterocycles. The monoisotopic (exact) mass is 871 g/mol. The first-order chi connectivity index (χ1) is 25.8. The smallest absolute Gasteiger partial charge is 0.354 e. The number of benzene rings is 2. The molecule has 11 heteroatoms. The van der Waals surface area contributed by atoms with E-state index in [1.165, 1.54) is 30.0 Å². The number of nitrogens with zero attached hydrogens (tertiary/aromatic N) is 4. The fourth-order valence-electron chi connectivity index (χ4n) is 5.31. The van der Waals surface area contributed by atoms with Gasteiger partial charge >= 0.3 is 5.97 Å². The van der Waals surface area contributed by atoms with Crippen molar-refractivity contribution in [3.05, 3.63) is 135 Å². The maximum Gasteiger partial charge on any atom is 0.354 e. The van der Waals surface area contributed by atoms with Gasteiger partial charge in [-0.2, -0.15) is 0 Å². The van der Waals surface area contributed by atoms with Crippen LogP contribution < -0.4 is 10.1 Å². The summed E-state index contributed by atoms with van der Waals surface area (Å²) >= 11 is 6.68. The van der Waals surface area contributed by atoms with Crippen LogP contribution >= 0.6 is 31.9 Å². The Balaban J connectivity index is 0.000000238. The largest absolute Gasteiger partial charge is 0.490 e. The van der Waals surface area contributed by atoms with Gasteiger partial charge in [0, 0.05) is 47.7 Å². The van der Waals surface area contributed by atoms with E-state index in [0.717, 1.165) is 39.4 Å². The highest BCUT2D eigenvalue weighted by Gasteiger charge is 2.17. The number of nitrogens with one attached hydrogen (secondary N) is 1. The van der Waals surface area contributed by atoms with Crippen LogP contribution in [0, 0.1) is 5.41 Å². The lowest BCUT2D eigenvalue weighted by molar-refractivity contribution is 0.0690. The molecule has 6 aromatic rings. The molecule has 9 nitrogen and oxygen atoms in total. The second kappa shape index (κ2) is 21.4. The van der Waals surface area contributed by atoms with Crippen LogP contribution in [0.25, 0.3) is 21.8 Å². The van der Waals surface area contributed by atoms with Crippen LogP contribution in [0.15, 0.2) is 107 Å². The SMILES string of the molecule is C.CC[C@H](C)Oc1ccccc1CNC(=O)c1ccc2cncc(Br)c2n1.CCc1ccccc1CC(C)(C)CC.O=C(O)c1ccc2cncc(Br)c2n1. The Morgan fingerprint density at radius 2 is 1.29 bits per heavy atom. The van der Waals surface area contributed by atoms with Crippen molar-refractivity contribution in [2.75, 3.05) is 0 Å². The van der Waals surface area contributed by atoms with Gasteiger partial charge in [-0.3, -0.25) is 14.8 Å². The Labute approximate surface area is 341 Å². The average Bonchev–Trinajstić information content (AvgIpc) is 3.18. The van der Waals surface area contributed by atoms with Crippen molar-refractivity contribution in [1.82, 2.24) is 25.3 Å². The highest BCUT2D eigenvalue weighted by Crippen LogP contribution is 2.27. The van der Waals surface area contributed by atoms with Gasteiger partial charge in [0.25, 0.3) is 5.91 Å². The minimum atomic E-state index is -1.03. The van der Waals surface area contributed by atoms with Gasteiger partial charge < -0.3 is 15.2 Å². The summed E-state index contributed by atoms with van der Waals surface area (Å²) < 4.78 is 7.38. The first kappa shape index (κ1) is 44.7. The number of carboxylic acid groups (broad SMARTS) is 1. The predicted molar refractivity (Wildman–Crippen MR) is 230 cm³/mol. The molecule has 6 rings (SSSR count). The maximum absolute atomic E-state index is 12.5. The number of halogens is 2. The fraction of sp³-hybridized carbons (Fsp3) is 0.318. The number of aryl methyl sites for hydroxylation is 1. The number of amides is 1. The number of hydrogen-bond acceptors (Lipinski definition) is 7.